The van der Waals surface area contributed by atoms with Gasteiger partial charge in [-0.3, -0.25) is 0 Å². The normalized spacial score (nSPS) is 34.3. The van der Waals surface area contributed by atoms with Crippen LogP contribution in [0.2, 0.25) is 0 Å². The zero-order valence-electron chi connectivity index (χ0n) is 11.9. The molecule has 2 aliphatic heterocycles. The van der Waals surface area contributed by atoms with Gasteiger partial charge in [0.15, 0.2) is 0 Å². The van der Waals surface area contributed by atoms with E-state index < -0.39 is 0 Å². The summed E-state index contributed by atoms with van der Waals surface area (Å²) in [6.07, 6.45) is 4.80. The molecule has 0 saturated carbocycles. The predicted octanol–water partition coefficient (Wildman–Crippen LogP) is 0.802. The number of likely N-dealkylation sites (tertiary alicyclic amines) is 1. The summed E-state index contributed by atoms with van der Waals surface area (Å²) in [6, 6.07) is 0.690. The molecule has 106 valence electrons. The van der Waals surface area contributed by atoms with E-state index in [1.54, 1.807) is 0 Å². The number of hydrogen-bond acceptors (Lipinski definition) is 4. The molecule has 2 atom stereocenters. The minimum absolute atomic E-state index is 0.0236. The first kappa shape index (κ1) is 14.3. The van der Waals surface area contributed by atoms with E-state index in [0.29, 0.717) is 12.6 Å². The molecule has 1 N–H and O–H groups in total. The molecule has 2 unspecified atom stereocenters. The van der Waals surface area contributed by atoms with Crippen LogP contribution >= 0.6 is 0 Å². The van der Waals surface area contributed by atoms with Gasteiger partial charge in [0, 0.05) is 31.2 Å². The van der Waals surface area contributed by atoms with Gasteiger partial charge in [-0.15, -0.1) is 0 Å². The highest BCUT2D eigenvalue weighted by atomic mass is 16.5. The fraction of sp³-hybridized carbons (Fsp3) is 1.00. The zero-order valence-corrected chi connectivity index (χ0v) is 11.9. The van der Waals surface area contributed by atoms with E-state index in [0.717, 1.165) is 32.5 Å². The van der Waals surface area contributed by atoms with Crippen LogP contribution in [0.5, 0.6) is 0 Å². The Morgan fingerprint density at radius 1 is 1.44 bits per heavy atom. The summed E-state index contributed by atoms with van der Waals surface area (Å²) < 4.78 is 5.57. The van der Waals surface area contributed by atoms with E-state index >= 15 is 0 Å². The van der Waals surface area contributed by atoms with Crippen LogP contribution in [0.15, 0.2) is 0 Å². The molecule has 2 saturated heterocycles. The molecule has 2 heterocycles. The Balaban J connectivity index is 1.83. The second-order valence-electron chi connectivity index (χ2n) is 6.29. The smallest absolute Gasteiger partial charge is 0.0556 e. The van der Waals surface area contributed by atoms with Gasteiger partial charge in [0.25, 0.3) is 0 Å². The van der Waals surface area contributed by atoms with Crippen molar-refractivity contribution in [3.8, 4) is 0 Å². The number of aliphatic hydroxyl groups is 1. The quantitative estimate of drug-likeness (QED) is 0.789. The zero-order chi connectivity index (χ0) is 13.0. The molecule has 0 radical (unpaired) electrons. The molecule has 0 spiro atoms. The van der Waals surface area contributed by atoms with Crippen molar-refractivity contribution < 1.29 is 9.84 Å². The van der Waals surface area contributed by atoms with Gasteiger partial charge < -0.3 is 19.6 Å². The number of rotatable bonds is 5. The van der Waals surface area contributed by atoms with E-state index in [1.807, 2.05) is 0 Å². The van der Waals surface area contributed by atoms with Crippen molar-refractivity contribution in [2.75, 3.05) is 53.6 Å². The second kappa shape index (κ2) is 6.33. The Morgan fingerprint density at radius 2 is 2.28 bits per heavy atom. The summed E-state index contributed by atoms with van der Waals surface area (Å²) in [5.74, 6) is 0. The summed E-state index contributed by atoms with van der Waals surface area (Å²) in [7, 11) is 4.40. The monoisotopic (exact) mass is 256 g/mol. The highest BCUT2D eigenvalue weighted by Crippen LogP contribution is 2.29. The maximum absolute atomic E-state index is 9.69. The average Bonchev–Trinajstić information content (AvgIpc) is 2.76. The first-order valence-corrected chi connectivity index (χ1v) is 7.23. The SMILES string of the molecule is CN(CC1CCCN1C)CC1(CO)CCCOC1. The number of ether oxygens (including phenoxy) is 1. The molecule has 18 heavy (non-hydrogen) atoms. The first-order valence-electron chi connectivity index (χ1n) is 7.23. The minimum Gasteiger partial charge on any atom is -0.396 e. The fourth-order valence-electron chi connectivity index (χ4n) is 3.42. The molecular weight excluding hydrogens is 228 g/mol. The van der Waals surface area contributed by atoms with Crippen LogP contribution in [-0.4, -0.2) is 74.5 Å². The molecule has 0 bridgehead atoms. The van der Waals surface area contributed by atoms with Gasteiger partial charge in [-0.1, -0.05) is 0 Å². The molecule has 0 amide bonds. The van der Waals surface area contributed by atoms with Crippen LogP contribution in [-0.2, 0) is 4.74 Å². The fourth-order valence-corrected chi connectivity index (χ4v) is 3.42. The van der Waals surface area contributed by atoms with Gasteiger partial charge >= 0.3 is 0 Å². The van der Waals surface area contributed by atoms with E-state index in [-0.39, 0.29) is 12.0 Å². The minimum atomic E-state index is -0.0236. The molecule has 2 rings (SSSR count). The van der Waals surface area contributed by atoms with E-state index in [4.69, 9.17) is 4.74 Å². The van der Waals surface area contributed by atoms with Crippen molar-refractivity contribution in [3.05, 3.63) is 0 Å². The number of hydrogen-bond donors (Lipinski definition) is 1. The predicted molar refractivity (Wildman–Crippen MR) is 72.7 cm³/mol. The van der Waals surface area contributed by atoms with Crippen LogP contribution in [0, 0.1) is 5.41 Å². The van der Waals surface area contributed by atoms with Gasteiger partial charge in [-0.25, -0.2) is 0 Å². The lowest BCUT2D eigenvalue weighted by Crippen LogP contribution is -2.47. The molecular formula is C14H28N2O2. The summed E-state index contributed by atoms with van der Waals surface area (Å²) in [5.41, 5.74) is -0.0236. The molecule has 4 heteroatoms. The van der Waals surface area contributed by atoms with Crippen LogP contribution in [0.4, 0.5) is 0 Å². The summed E-state index contributed by atoms with van der Waals surface area (Å²) in [5, 5.41) is 9.69. The average molecular weight is 256 g/mol. The lowest BCUT2D eigenvalue weighted by molar-refractivity contribution is -0.0537. The number of nitrogens with zero attached hydrogens (tertiary/aromatic N) is 2. The summed E-state index contributed by atoms with van der Waals surface area (Å²) >= 11 is 0. The van der Waals surface area contributed by atoms with Crippen LogP contribution in [0.25, 0.3) is 0 Å². The van der Waals surface area contributed by atoms with Gasteiger partial charge in [-0.2, -0.15) is 0 Å². The molecule has 0 aromatic rings. The maximum atomic E-state index is 9.69. The topological polar surface area (TPSA) is 35.9 Å². The van der Waals surface area contributed by atoms with Crippen molar-refractivity contribution >= 4 is 0 Å². The van der Waals surface area contributed by atoms with Gasteiger partial charge in [0.2, 0.25) is 0 Å². The molecule has 0 aromatic carbocycles. The van der Waals surface area contributed by atoms with Crippen molar-refractivity contribution in [1.82, 2.24) is 9.80 Å². The first-order chi connectivity index (χ1) is 8.65. The molecule has 0 aromatic heterocycles. The van der Waals surface area contributed by atoms with Gasteiger partial charge in [0.1, 0.15) is 0 Å². The van der Waals surface area contributed by atoms with Gasteiger partial charge in [-0.05, 0) is 46.3 Å². The highest BCUT2D eigenvalue weighted by Gasteiger charge is 2.34. The third-order valence-electron chi connectivity index (χ3n) is 4.54. The Labute approximate surface area is 111 Å². The Morgan fingerprint density at radius 3 is 2.83 bits per heavy atom. The molecule has 2 fully saturated rings. The van der Waals surface area contributed by atoms with E-state index in [1.165, 1.54) is 19.4 Å². The van der Waals surface area contributed by atoms with Crippen molar-refractivity contribution in [3.63, 3.8) is 0 Å². The van der Waals surface area contributed by atoms with Crippen LogP contribution in [0.3, 0.4) is 0 Å². The number of likely N-dealkylation sites (N-methyl/N-ethyl adjacent to an activating group) is 2. The van der Waals surface area contributed by atoms with Crippen molar-refractivity contribution in [1.29, 1.82) is 0 Å². The summed E-state index contributed by atoms with van der Waals surface area (Å²) in [6.45, 7) is 5.11. The van der Waals surface area contributed by atoms with E-state index in [2.05, 4.69) is 23.9 Å². The third-order valence-corrected chi connectivity index (χ3v) is 4.54. The van der Waals surface area contributed by atoms with Crippen LogP contribution in [0.1, 0.15) is 25.7 Å². The second-order valence-corrected chi connectivity index (χ2v) is 6.29. The lowest BCUT2D eigenvalue weighted by atomic mass is 9.83. The van der Waals surface area contributed by atoms with Crippen LogP contribution < -0.4 is 0 Å². The van der Waals surface area contributed by atoms with E-state index in [9.17, 15) is 5.11 Å². The van der Waals surface area contributed by atoms with Crippen molar-refractivity contribution in [2.45, 2.75) is 31.7 Å². The Kier molecular flexibility index (Phi) is 5.01. The largest absolute Gasteiger partial charge is 0.396 e. The standard InChI is InChI=1S/C14H28N2O2/c1-15(9-13-5-3-7-16(13)2)10-14(11-17)6-4-8-18-12-14/h13,17H,3-12H2,1-2H3. The lowest BCUT2D eigenvalue weighted by Gasteiger charge is -2.39. The highest BCUT2D eigenvalue weighted by molar-refractivity contribution is 4.86. The third kappa shape index (κ3) is 3.44. The molecule has 2 aliphatic rings. The van der Waals surface area contributed by atoms with Gasteiger partial charge in [0.05, 0.1) is 13.2 Å². The summed E-state index contributed by atoms with van der Waals surface area (Å²) in [4.78, 5) is 4.84. The number of aliphatic hydroxyl groups excluding tert-OH is 1. The van der Waals surface area contributed by atoms with Crippen molar-refractivity contribution in [2.24, 2.45) is 5.41 Å². The Hall–Kier alpha value is -0.160. The maximum Gasteiger partial charge on any atom is 0.0556 e. The molecule has 0 aliphatic carbocycles. The Bertz CT molecular complexity index is 254. The molecule has 4 nitrogen and oxygen atoms in total.